The lowest BCUT2D eigenvalue weighted by Crippen LogP contribution is -2.11. The average Bonchev–Trinajstić information content (AvgIpc) is 2.83. The second-order valence-corrected chi connectivity index (χ2v) is 5.74. The maximum absolute atomic E-state index is 13.6. The van der Waals surface area contributed by atoms with Gasteiger partial charge in [-0.2, -0.15) is 0 Å². The SMILES string of the molecule is NC(c1cc2cccc(F)c2o1)c1ccc(Cl)cc1Br. The summed E-state index contributed by atoms with van der Waals surface area (Å²) >= 11 is 9.33. The highest BCUT2D eigenvalue weighted by Gasteiger charge is 2.18. The van der Waals surface area contributed by atoms with Crippen molar-refractivity contribution >= 4 is 38.5 Å². The maximum Gasteiger partial charge on any atom is 0.169 e. The third-order valence-corrected chi connectivity index (χ3v) is 4.04. The summed E-state index contributed by atoms with van der Waals surface area (Å²) in [5.74, 6) is 0.115. The number of hydrogen-bond donors (Lipinski definition) is 1. The number of hydrogen-bond acceptors (Lipinski definition) is 2. The zero-order valence-electron chi connectivity index (χ0n) is 10.2. The molecule has 102 valence electrons. The minimum Gasteiger partial charge on any atom is -0.456 e. The molecule has 1 unspecified atom stereocenters. The van der Waals surface area contributed by atoms with Crippen molar-refractivity contribution in [3.63, 3.8) is 0 Å². The number of benzene rings is 2. The van der Waals surface area contributed by atoms with E-state index in [2.05, 4.69) is 15.9 Å². The Bertz CT molecular complexity index is 787. The van der Waals surface area contributed by atoms with Gasteiger partial charge in [-0.25, -0.2) is 4.39 Å². The lowest BCUT2D eigenvalue weighted by molar-refractivity contribution is 0.502. The number of furan rings is 1. The van der Waals surface area contributed by atoms with Crippen molar-refractivity contribution in [1.82, 2.24) is 0 Å². The first-order chi connectivity index (χ1) is 9.56. The molecule has 3 aromatic rings. The summed E-state index contributed by atoms with van der Waals surface area (Å²) in [5.41, 5.74) is 7.24. The first-order valence-corrected chi connectivity index (χ1v) is 7.12. The van der Waals surface area contributed by atoms with Crippen LogP contribution >= 0.6 is 27.5 Å². The van der Waals surface area contributed by atoms with Crippen LogP contribution in [0.25, 0.3) is 11.0 Å². The van der Waals surface area contributed by atoms with E-state index in [1.165, 1.54) is 6.07 Å². The summed E-state index contributed by atoms with van der Waals surface area (Å²) in [4.78, 5) is 0. The molecule has 0 aliphatic heterocycles. The van der Waals surface area contributed by atoms with E-state index >= 15 is 0 Å². The lowest BCUT2D eigenvalue weighted by atomic mass is 10.1. The summed E-state index contributed by atoms with van der Waals surface area (Å²) in [7, 11) is 0. The second kappa shape index (κ2) is 5.20. The van der Waals surface area contributed by atoms with Crippen molar-refractivity contribution in [3.05, 3.63) is 69.1 Å². The molecular formula is C15H10BrClFNO. The van der Waals surface area contributed by atoms with Crippen LogP contribution in [0.3, 0.4) is 0 Å². The van der Waals surface area contributed by atoms with Crippen LogP contribution in [0.15, 0.2) is 51.4 Å². The zero-order valence-corrected chi connectivity index (χ0v) is 12.6. The van der Waals surface area contributed by atoms with Gasteiger partial charge in [0.1, 0.15) is 5.76 Å². The third-order valence-electron chi connectivity index (χ3n) is 3.12. The Morgan fingerprint density at radius 3 is 2.70 bits per heavy atom. The Kier molecular flexibility index (Phi) is 3.54. The Morgan fingerprint density at radius 1 is 1.20 bits per heavy atom. The Hall–Kier alpha value is -1.36. The van der Waals surface area contributed by atoms with Crippen molar-refractivity contribution in [2.45, 2.75) is 6.04 Å². The fourth-order valence-corrected chi connectivity index (χ4v) is 3.04. The fraction of sp³-hybridized carbons (Fsp3) is 0.0667. The van der Waals surface area contributed by atoms with Crippen LogP contribution in [0.2, 0.25) is 5.02 Å². The molecule has 5 heteroatoms. The maximum atomic E-state index is 13.6. The fourth-order valence-electron chi connectivity index (χ4n) is 2.11. The molecule has 1 atom stereocenters. The topological polar surface area (TPSA) is 39.2 Å². The molecule has 0 aliphatic carbocycles. The average molecular weight is 355 g/mol. The number of para-hydroxylation sites is 1. The van der Waals surface area contributed by atoms with Gasteiger partial charge in [-0.15, -0.1) is 0 Å². The Morgan fingerprint density at radius 2 is 2.00 bits per heavy atom. The van der Waals surface area contributed by atoms with Crippen LogP contribution < -0.4 is 5.73 Å². The highest BCUT2D eigenvalue weighted by Crippen LogP contribution is 2.32. The van der Waals surface area contributed by atoms with E-state index in [1.807, 2.05) is 6.07 Å². The van der Waals surface area contributed by atoms with Gasteiger partial charge < -0.3 is 10.2 Å². The minimum atomic E-state index is -0.492. The van der Waals surface area contributed by atoms with E-state index in [4.69, 9.17) is 21.8 Å². The first-order valence-electron chi connectivity index (χ1n) is 5.95. The molecule has 0 radical (unpaired) electrons. The summed E-state index contributed by atoms with van der Waals surface area (Å²) in [6.45, 7) is 0. The second-order valence-electron chi connectivity index (χ2n) is 4.45. The van der Waals surface area contributed by atoms with Gasteiger partial charge in [0.25, 0.3) is 0 Å². The van der Waals surface area contributed by atoms with Gasteiger partial charge in [-0.05, 0) is 29.8 Å². The first kappa shape index (κ1) is 13.6. The van der Waals surface area contributed by atoms with Gasteiger partial charge in [0.05, 0.1) is 6.04 Å². The summed E-state index contributed by atoms with van der Waals surface area (Å²) in [5, 5.41) is 1.31. The smallest absolute Gasteiger partial charge is 0.169 e. The van der Waals surface area contributed by atoms with E-state index in [0.29, 0.717) is 16.2 Å². The molecule has 0 bridgehead atoms. The van der Waals surface area contributed by atoms with Crippen molar-refractivity contribution in [1.29, 1.82) is 0 Å². The molecule has 2 aromatic carbocycles. The molecule has 0 amide bonds. The minimum absolute atomic E-state index is 0.225. The van der Waals surface area contributed by atoms with Gasteiger partial charge in [0.2, 0.25) is 0 Å². The van der Waals surface area contributed by atoms with Gasteiger partial charge in [0, 0.05) is 14.9 Å². The van der Waals surface area contributed by atoms with Crippen LogP contribution in [0.1, 0.15) is 17.4 Å². The number of halogens is 3. The monoisotopic (exact) mass is 353 g/mol. The Labute approximate surface area is 128 Å². The molecule has 20 heavy (non-hydrogen) atoms. The van der Waals surface area contributed by atoms with Crippen LogP contribution in [0.5, 0.6) is 0 Å². The number of nitrogens with two attached hydrogens (primary N) is 1. The highest BCUT2D eigenvalue weighted by atomic mass is 79.9. The predicted octanol–water partition coefficient (Wildman–Crippen LogP) is 5.04. The lowest BCUT2D eigenvalue weighted by Gasteiger charge is -2.11. The van der Waals surface area contributed by atoms with Crippen LogP contribution in [-0.4, -0.2) is 0 Å². The molecule has 3 rings (SSSR count). The van der Waals surface area contributed by atoms with E-state index < -0.39 is 11.9 Å². The van der Waals surface area contributed by atoms with Gasteiger partial charge in [-0.1, -0.05) is 45.7 Å². The molecule has 2 nitrogen and oxygen atoms in total. The quantitative estimate of drug-likeness (QED) is 0.700. The zero-order chi connectivity index (χ0) is 14.3. The van der Waals surface area contributed by atoms with E-state index in [9.17, 15) is 4.39 Å². The molecule has 0 fully saturated rings. The van der Waals surface area contributed by atoms with Gasteiger partial charge >= 0.3 is 0 Å². The molecule has 0 spiro atoms. The standard InChI is InChI=1S/C15H10BrClFNO/c16-11-7-9(17)4-5-10(11)14(19)13-6-8-2-1-3-12(18)15(8)20-13/h1-7,14H,19H2. The summed E-state index contributed by atoms with van der Waals surface area (Å²) in [6, 6.07) is 11.4. The van der Waals surface area contributed by atoms with Crippen LogP contribution in [-0.2, 0) is 0 Å². The normalized spacial score (nSPS) is 12.8. The van der Waals surface area contributed by atoms with Crippen LogP contribution in [0, 0.1) is 5.82 Å². The molecule has 1 heterocycles. The van der Waals surface area contributed by atoms with Gasteiger partial charge in [-0.3, -0.25) is 0 Å². The number of fused-ring (bicyclic) bond motifs is 1. The van der Waals surface area contributed by atoms with Crippen molar-refractivity contribution in [2.75, 3.05) is 0 Å². The molecule has 0 aliphatic rings. The molecule has 2 N–H and O–H groups in total. The van der Waals surface area contributed by atoms with Crippen molar-refractivity contribution in [2.24, 2.45) is 5.73 Å². The third kappa shape index (κ3) is 2.35. The molecule has 0 saturated heterocycles. The molecular weight excluding hydrogens is 345 g/mol. The van der Waals surface area contributed by atoms with E-state index in [0.717, 1.165) is 10.0 Å². The van der Waals surface area contributed by atoms with Crippen LogP contribution in [0.4, 0.5) is 4.39 Å². The van der Waals surface area contributed by atoms with Gasteiger partial charge in [0.15, 0.2) is 11.4 Å². The van der Waals surface area contributed by atoms with E-state index in [1.54, 1.807) is 30.3 Å². The largest absolute Gasteiger partial charge is 0.456 e. The molecule has 0 saturated carbocycles. The number of rotatable bonds is 2. The molecule has 1 aromatic heterocycles. The van der Waals surface area contributed by atoms with Crippen molar-refractivity contribution in [3.8, 4) is 0 Å². The predicted molar refractivity (Wildman–Crippen MR) is 81.4 cm³/mol. The van der Waals surface area contributed by atoms with E-state index in [-0.39, 0.29) is 5.58 Å². The summed E-state index contributed by atoms with van der Waals surface area (Å²) in [6.07, 6.45) is 0. The van der Waals surface area contributed by atoms with Crippen molar-refractivity contribution < 1.29 is 8.81 Å². The highest BCUT2D eigenvalue weighted by molar-refractivity contribution is 9.10. The summed E-state index contributed by atoms with van der Waals surface area (Å²) < 4.78 is 20.0. The Balaban J connectivity index is 2.08.